The Hall–Kier alpha value is -0.290. The average molecular weight is 281 g/mol. The van der Waals surface area contributed by atoms with E-state index >= 15 is 0 Å². The molecule has 0 spiro atoms. The number of amides is 1. The molecule has 0 aliphatic carbocycles. The second-order valence-electron chi connectivity index (χ2n) is 6.60. The highest BCUT2D eigenvalue weighted by Crippen LogP contribution is 2.47. The van der Waals surface area contributed by atoms with Gasteiger partial charge in [0.1, 0.15) is 33.5 Å². The first-order valence-electron chi connectivity index (χ1n) is 6.36. The Morgan fingerprint density at radius 3 is 2.37 bits per heavy atom. The van der Waals surface area contributed by atoms with Gasteiger partial charge in [-0.15, -0.1) is 0 Å². The van der Waals surface area contributed by atoms with Crippen molar-refractivity contribution < 1.29 is 13.7 Å². The van der Waals surface area contributed by atoms with Crippen molar-refractivity contribution in [3.05, 3.63) is 0 Å². The quantitative estimate of drug-likeness (QED) is 0.443. The van der Waals surface area contributed by atoms with Gasteiger partial charge in [0.15, 0.2) is 0 Å². The van der Waals surface area contributed by atoms with E-state index in [9.17, 15) is 4.79 Å². The van der Waals surface area contributed by atoms with E-state index in [0.29, 0.717) is 12.3 Å². The molecule has 1 atom stereocenters. The highest BCUT2D eigenvalue weighted by atomic mass is 32.2. The minimum absolute atomic E-state index is 0.309. The van der Waals surface area contributed by atoms with Crippen LogP contribution in [0.15, 0.2) is 0 Å². The molecule has 4 nitrogen and oxygen atoms in total. The van der Waals surface area contributed by atoms with Crippen LogP contribution >= 0.6 is 12.2 Å². The van der Waals surface area contributed by atoms with Gasteiger partial charge in [0.05, 0.1) is 5.54 Å². The molecular weight excluding hydrogens is 260 g/mol. The Balaban J connectivity index is 2.97. The fourth-order valence-corrected chi connectivity index (χ4v) is 2.86. The van der Waals surface area contributed by atoms with Crippen LogP contribution < -0.4 is 0 Å². The predicted molar refractivity (Wildman–Crippen MR) is 78.8 cm³/mol. The molecule has 104 valence electrons. The molecule has 0 aromatic heterocycles. The molecule has 1 rings (SSSR count). The molecular formula is C12H21B2NO3S. The fourth-order valence-electron chi connectivity index (χ4n) is 2.00. The molecule has 1 amide bonds. The van der Waals surface area contributed by atoms with Gasteiger partial charge in [0.2, 0.25) is 0 Å². The summed E-state index contributed by atoms with van der Waals surface area (Å²) >= 11 is 0.856. The van der Waals surface area contributed by atoms with Crippen LogP contribution in [-0.4, -0.2) is 42.6 Å². The molecule has 0 aromatic carbocycles. The molecule has 1 aliphatic rings. The standard InChI is InChI=1S/C12H21B2NO3S/c1-8(2)7-11(6)12(13,14)18-19-15(11)9(16)17-10(3,4)5/h8H,7H2,1-6H3. The highest BCUT2D eigenvalue weighted by molar-refractivity contribution is 7.93. The van der Waals surface area contributed by atoms with E-state index < -0.39 is 22.6 Å². The van der Waals surface area contributed by atoms with E-state index in [4.69, 9.17) is 24.6 Å². The largest absolute Gasteiger partial charge is 0.443 e. The third-order valence-corrected chi connectivity index (χ3v) is 3.96. The number of rotatable bonds is 2. The number of nitrogens with zero attached hydrogens (tertiary/aromatic N) is 1. The third-order valence-electron chi connectivity index (χ3n) is 2.90. The average Bonchev–Trinajstić information content (AvgIpc) is 2.33. The normalized spacial score (nSPS) is 26.8. The second kappa shape index (κ2) is 5.24. The topological polar surface area (TPSA) is 38.8 Å². The lowest BCUT2D eigenvalue weighted by molar-refractivity contribution is 0.0199. The number of ether oxygens (including phenoxy) is 1. The zero-order valence-corrected chi connectivity index (χ0v) is 13.3. The van der Waals surface area contributed by atoms with Crippen LogP contribution in [0.5, 0.6) is 0 Å². The summed E-state index contributed by atoms with van der Waals surface area (Å²) in [4.78, 5) is 12.2. The van der Waals surface area contributed by atoms with E-state index in [1.807, 2.05) is 41.5 Å². The van der Waals surface area contributed by atoms with E-state index in [2.05, 4.69) is 0 Å². The van der Waals surface area contributed by atoms with Crippen molar-refractivity contribution in [1.82, 2.24) is 4.31 Å². The monoisotopic (exact) mass is 281 g/mol. The second-order valence-corrected chi connectivity index (χ2v) is 7.28. The van der Waals surface area contributed by atoms with Crippen LogP contribution in [0.2, 0.25) is 0 Å². The molecule has 0 aromatic rings. The molecule has 1 fully saturated rings. The molecule has 7 heteroatoms. The van der Waals surface area contributed by atoms with Gasteiger partial charge < -0.3 is 8.92 Å². The van der Waals surface area contributed by atoms with Crippen molar-refractivity contribution in [2.24, 2.45) is 5.92 Å². The van der Waals surface area contributed by atoms with E-state index in [1.54, 1.807) is 0 Å². The summed E-state index contributed by atoms with van der Waals surface area (Å²) in [6.45, 7) is 11.3. The van der Waals surface area contributed by atoms with Gasteiger partial charge in [-0.1, -0.05) is 13.8 Å². The summed E-state index contributed by atoms with van der Waals surface area (Å²) in [6.07, 6.45) is 0.130. The number of hydrogen-bond acceptors (Lipinski definition) is 4. The summed E-state index contributed by atoms with van der Waals surface area (Å²) in [5.74, 6) is 0.309. The van der Waals surface area contributed by atoms with Crippen LogP contribution in [0.25, 0.3) is 0 Å². The molecule has 1 heterocycles. The lowest BCUT2D eigenvalue weighted by atomic mass is 9.53. The first-order chi connectivity index (χ1) is 8.39. The maximum Gasteiger partial charge on any atom is 0.422 e. The van der Waals surface area contributed by atoms with Crippen molar-refractivity contribution >= 4 is 34.0 Å². The third kappa shape index (κ3) is 3.63. The Morgan fingerprint density at radius 2 is 1.95 bits per heavy atom. The van der Waals surface area contributed by atoms with Gasteiger partial charge in [0.25, 0.3) is 0 Å². The van der Waals surface area contributed by atoms with Crippen LogP contribution in [0.4, 0.5) is 4.79 Å². The lowest BCUT2D eigenvalue weighted by Gasteiger charge is -2.42. The van der Waals surface area contributed by atoms with Crippen molar-refractivity contribution in [2.75, 3.05) is 0 Å². The van der Waals surface area contributed by atoms with Crippen LogP contribution in [0, 0.1) is 5.92 Å². The predicted octanol–water partition coefficient (Wildman–Crippen LogP) is 2.61. The Kier molecular flexibility index (Phi) is 4.63. The van der Waals surface area contributed by atoms with Gasteiger partial charge in [-0.2, -0.15) is 0 Å². The number of hydrogen-bond donors (Lipinski definition) is 0. The molecule has 1 unspecified atom stereocenters. The number of carbonyl (C=O) groups excluding carboxylic acids is 1. The Labute approximate surface area is 123 Å². The summed E-state index contributed by atoms with van der Waals surface area (Å²) in [7, 11) is 12.0. The molecule has 0 bridgehead atoms. The van der Waals surface area contributed by atoms with Gasteiger partial charge in [-0.05, 0) is 40.0 Å². The zero-order chi connectivity index (χ0) is 15.1. The van der Waals surface area contributed by atoms with Gasteiger partial charge in [-0.25, -0.2) is 9.10 Å². The van der Waals surface area contributed by atoms with E-state index in [1.165, 1.54) is 4.31 Å². The molecule has 1 saturated heterocycles. The summed E-state index contributed by atoms with van der Waals surface area (Å²) in [5, 5.41) is -1.40. The Morgan fingerprint density at radius 1 is 1.42 bits per heavy atom. The summed E-state index contributed by atoms with van der Waals surface area (Å²) in [5.41, 5.74) is -1.40. The van der Waals surface area contributed by atoms with E-state index in [-0.39, 0.29) is 0 Å². The maximum atomic E-state index is 12.2. The summed E-state index contributed by atoms with van der Waals surface area (Å²) in [6, 6.07) is 0. The van der Waals surface area contributed by atoms with Gasteiger partial charge in [-0.3, -0.25) is 0 Å². The van der Waals surface area contributed by atoms with Crippen molar-refractivity contribution in [1.29, 1.82) is 0 Å². The first-order valence-corrected chi connectivity index (χ1v) is 7.06. The van der Waals surface area contributed by atoms with E-state index in [0.717, 1.165) is 12.2 Å². The molecule has 4 radical (unpaired) electrons. The SMILES string of the molecule is [B]C1([B])OSN(C(=O)OC(C)(C)C)C1(C)CC(C)C. The minimum atomic E-state index is -1.40. The number of carbonyl (C=O) groups is 1. The first kappa shape index (κ1) is 16.8. The lowest BCUT2D eigenvalue weighted by Crippen LogP contribution is -2.59. The zero-order valence-electron chi connectivity index (χ0n) is 12.5. The maximum absolute atomic E-state index is 12.2. The molecule has 0 saturated carbocycles. The Bertz CT molecular complexity index is 357. The van der Waals surface area contributed by atoms with Crippen LogP contribution in [0.3, 0.4) is 0 Å². The molecule has 0 N–H and O–H groups in total. The highest BCUT2D eigenvalue weighted by Gasteiger charge is 2.55. The van der Waals surface area contributed by atoms with Crippen LogP contribution in [-0.2, 0) is 8.92 Å². The van der Waals surface area contributed by atoms with Crippen molar-refractivity contribution in [3.63, 3.8) is 0 Å². The van der Waals surface area contributed by atoms with Crippen LogP contribution in [0.1, 0.15) is 48.0 Å². The minimum Gasteiger partial charge on any atom is -0.443 e. The molecule has 1 aliphatic heterocycles. The van der Waals surface area contributed by atoms with Gasteiger partial charge >= 0.3 is 6.09 Å². The summed E-state index contributed by atoms with van der Waals surface area (Å²) < 4.78 is 12.1. The smallest absolute Gasteiger partial charge is 0.422 e. The van der Waals surface area contributed by atoms with Crippen molar-refractivity contribution in [3.8, 4) is 0 Å². The van der Waals surface area contributed by atoms with Gasteiger partial charge in [0, 0.05) is 5.40 Å². The molecule has 19 heavy (non-hydrogen) atoms. The fraction of sp³-hybridized carbons (Fsp3) is 0.917. The van der Waals surface area contributed by atoms with Crippen molar-refractivity contribution in [2.45, 2.75) is 64.5 Å².